The maximum Gasteiger partial charge on any atom is 0.255 e. The largest absolute Gasteiger partial charge is 0.457 e. The van der Waals surface area contributed by atoms with Crippen molar-refractivity contribution >= 4 is 39.5 Å². The molecule has 1 N–H and O–H groups in total. The van der Waals surface area contributed by atoms with Crippen LogP contribution < -0.4 is 5.32 Å². The Kier molecular flexibility index (Phi) is 4.42. The Hall–Kier alpha value is -1.85. The number of benzene rings is 2. The van der Waals surface area contributed by atoms with Gasteiger partial charge in [0.2, 0.25) is 0 Å². The van der Waals surface area contributed by atoms with Crippen LogP contribution in [0.4, 0.5) is 10.1 Å². The second kappa shape index (κ2) is 6.07. The summed E-state index contributed by atoms with van der Waals surface area (Å²) in [5.74, 6) is 2.44. The standard InChI is InChI=1S/C14H10ClFNO2S/c1-20(19)11-4-2-3-9(7-11)14(18)17-10-5-6-13(16)12(15)8-10/h2-8H,1H2,(H,17,18)/q-1. The molecule has 0 heterocycles. The summed E-state index contributed by atoms with van der Waals surface area (Å²) in [6.07, 6.45) is 0. The molecule has 0 radical (unpaired) electrons. The highest BCUT2D eigenvalue weighted by Gasteiger charge is 2.07. The summed E-state index contributed by atoms with van der Waals surface area (Å²) in [7, 11) is -1.41. The van der Waals surface area contributed by atoms with E-state index in [4.69, 9.17) is 11.6 Å². The van der Waals surface area contributed by atoms with Crippen LogP contribution >= 0.6 is 11.6 Å². The van der Waals surface area contributed by atoms with Crippen LogP contribution in [0.15, 0.2) is 47.4 Å². The number of anilines is 1. The molecule has 20 heavy (non-hydrogen) atoms. The normalized spacial score (nSPS) is 10.6. The van der Waals surface area contributed by atoms with Crippen molar-refractivity contribution in [3.8, 4) is 0 Å². The van der Waals surface area contributed by atoms with Crippen molar-refractivity contribution in [2.75, 3.05) is 5.32 Å². The first kappa shape index (κ1) is 14.6. The van der Waals surface area contributed by atoms with E-state index in [-0.39, 0.29) is 5.02 Å². The highest BCUT2D eigenvalue weighted by molar-refractivity contribution is 7.82. The van der Waals surface area contributed by atoms with Gasteiger partial charge in [-0.25, -0.2) is 4.39 Å². The lowest BCUT2D eigenvalue weighted by Crippen LogP contribution is -2.12. The Labute approximate surface area is 122 Å². The summed E-state index contributed by atoms with van der Waals surface area (Å²) in [6.45, 7) is 0. The maximum absolute atomic E-state index is 13.0. The smallest absolute Gasteiger partial charge is 0.255 e. The average Bonchev–Trinajstić information content (AvgIpc) is 2.43. The molecule has 0 fully saturated rings. The van der Waals surface area contributed by atoms with E-state index >= 15 is 0 Å². The Bertz CT molecular complexity index is 736. The van der Waals surface area contributed by atoms with Gasteiger partial charge < -0.3 is 9.53 Å². The maximum atomic E-state index is 13.0. The number of hydrogen-bond donors (Lipinski definition) is 1. The monoisotopic (exact) mass is 310 g/mol. The van der Waals surface area contributed by atoms with Crippen LogP contribution in [0.2, 0.25) is 5.02 Å². The molecule has 6 heteroatoms. The Morgan fingerprint density at radius 2 is 2.00 bits per heavy atom. The van der Waals surface area contributed by atoms with Crippen molar-refractivity contribution in [1.29, 1.82) is 0 Å². The molecule has 0 aliphatic heterocycles. The Balaban J connectivity index is 2.23. The number of halogens is 2. The highest BCUT2D eigenvalue weighted by Crippen LogP contribution is 2.20. The summed E-state index contributed by atoms with van der Waals surface area (Å²) in [4.78, 5) is 12.5. The SMILES string of the molecule is C=[S-](=O)c1cccc(C(=O)Nc2ccc(F)c(Cl)c2)c1. The number of carbonyl (C=O) groups is 1. The van der Waals surface area contributed by atoms with Gasteiger partial charge in [-0.3, -0.25) is 15.2 Å². The van der Waals surface area contributed by atoms with Crippen LogP contribution in [0.5, 0.6) is 0 Å². The summed E-state index contributed by atoms with van der Waals surface area (Å²) in [6, 6.07) is 10.2. The van der Waals surface area contributed by atoms with Gasteiger partial charge in [0.25, 0.3) is 5.91 Å². The zero-order chi connectivity index (χ0) is 14.7. The molecular formula is C14H10ClFNO2S-. The fourth-order valence-corrected chi connectivity index (χ4v) is 2.23. The van der Waals surface area contributed by atoms with E-state index in [2.05, 4.69) is 11.2 Å². The summed E-state index contributed by atoms with van der Waals surface area (Å²) in [5.41, 5.74) is 0.711. The van der Waals surface area contributed by atoms with Crippen LogP contribution in [0.1, 0.15) is 10.4 Å². The van der Waals surface area contributed by atoms with Crippen LogP contribution in [-0.4, -0.2) is 11.8 Å². The van der Waals surface area contributed by atoms with E-state index in [0.717, 1.165) is 0 Å². The first-order valence-electron chi connectivity index (χ1n) is 5.55. The van der Waals surface area contributed by atoms with Crippen LogP contribution in [0.25, 0.3) is 0 Å². The van der Waals surface area contributed by atoms with Crippen LogP contribution in [-0.2, 0) is 14.6 Å². The van der Waals surface area contributed by atoms with Gasteiger partial charge in [0.15, 0.2) is 0 Å². The molecule has 1 amide bonds. The minimum absolute atomic E-state index is 0.0737. The lowest BCUT2D eigenvalue weighted by molar-refractivity contribution is 0.102. The number of nitrogens with one attached hydrogen (secondary N) is 1. The molecule has 0 aliphatic rings. The molecule has 0 saturated carbocycles. The molecule has 2 aromatic rings. The third-order valence-corrected chi connectivity index (χ3v) is 3.61. The lowest BCUT2D eigenvalue weighted by Gasteiger charge is -2.09. The molecule has 0 atom stereocenters. The first-order chi connectivity index (χ1) is 9.47. The average molecular weight is 311 g/mol. The predicted molar refractivity (Wildman–Crippen MR) is 79.2 cm³/mol. The molecule has 0 saturated heterocycles. The van der Waals surface area contributed by atoms with Crippen LogP contribution in [0, 0.1) is 5.82 Å². The number of hydrogen-bond acceptors (Lipinski definition) is 3. The Morgan fingerprint density at radius 1 is 1.25 bits per heavy atom. The predicted octanol–water partition coefficient (Wildman–Crippen LogP) is 3.49. The van der Waals surface area contributed by atoms with Gasteiger partial charge in [0.1, 0.15) is 5.82 Å². The minimum Gasteiger partial charge on any atom is -0.457 e. The molecular weight excluding hydrogens is 301 g/mol. The van der Waals surface area contributed by atoms with Crippen LogP contribution in [0.3, 0.4) is 0 Å². The molecule has 3 nitrogen and oxygen atoms in total. The van der Waals surface area contributed by atoms with Gasteiger partial charge in [0.05, 0.1) is 5.02 Å². The van der Waals surface area contributed by atoms with Crippen molar-refractivity contribution in [3.63, 3.8) is 0 Å². The van der Waals surface area contributed by atoms with Crippen molar-refractivity contribution in [1.82, 2.24) is 0 Å². The molecule has 0 bridgehead atoms. The van der Waals surface area contributed by atoms with Gasteiger partial charge in [-0.1, -0.05) is 29.8 Å². The van der Waals surface area contributed by atoms with Gasteiger partial charge >= 0.3 is 0 Å². The second-order valence-electron chi connectivity index (χ2n) is 3.96. The fourth-order valence-electron chi connectivity index (χ4n) is 1.56. The summed E-state index contributed by atoms with van der Waals surface area (Å²) in [5, 5.41) is 2.51. The summed E-state index contributed by atoms with van der Waals surface area (Å²) < 4.78 is 24.3. The van der Waals surface area contributed by atoms with E-state index < -0.39 is 22.1 Å². The van der Waals surface area contributed by atoms with Gasteiger partial charge in [0, 0.05) is 11.3 Å². The zero-order valence-electron chi connectivity index (χ0n) is 10.2. The molecule has 104 valence electrons. The van der Waals surface area contributed by atoms with Crippen molar-refractivity contribution in [3.05, 3.63) is 58.9 Å². The van der Waals surface area contributed by atoms with Gasteiger partial charge in [-0.05, 0) is 24.3 Å². The third-order valence-electron chi connectivity index (χ3n) is 2.54. The molecule has 0 unspecified atom stereocenters. The second-order valence-corrected chi connectivity index (χ2v) is 5.53. The molecule has 0 aliphatic carbocycles. The number of rotatable bonds is 3. The van der Waals surface area contributed by atoms with E-state index in [1.54, 1.807) is 18.2 Å². The van der Waals surface area contributed by atoms with Crippen molar-refractivity contribution in [2.45, 2.75) is 4.90 Å². The molecule has 0 spiro atoms. The third kappa shape index (κ3) is 3.37. The van der Waals surface area contributed by atoms with E-state index in [0.29, 0.717) is 16.1 Å². The Morgan fingerprint density at radius 3 is 2.65 bits per heavy atom. The molecule has 2 aromatic carbocycles. The minimum atomic E-state index is -1.41. The fraction of sp³-hybridized carbons (Fsp3) is 0. The lowest BCUT2D eigenvalue weighted by atomic mass is 10.2. The highest BCUT2D eigenvalue weighted by atomic mass is 35.5. The number of carbonyl (C=O) groups excluding carboxylic acids is 1. The molecule has 0 aromatic heterocycles. The summed E-state index contributed by atoms with van der Waals surface area (Å²) >= 11 is 5.64. The topological polar surface area (TPSA) is 46.2 Å². The van der Waals surface area contributed by atoms with E-state index in [1.807, 2.05) is 0 Å². The van der Waals surface area contributed by atoms with Gasteiger partial charge in [-0.2, -0.15) is 5.87 Å². The molecule has 2 rings (SSSR count). The number of amides is 1. The van der Waals surface area contributed by atoms with Gasteiger partial charge in [-0.15, -0.1) is 4.90 Å². The van der Waals surface area contributed by atoms with Crippen molar-refractivity contribution < 1.29 is 13.4 Å². The van der Waals surface area contributed by atoms with Crippen molar-refractivity contribution in [2.24, 2.45) is 0 Å². The van der Waals surface area contributed by atoms with E-state index in [9.17, 15) is 13.4 Å². The zero-order valence-corrected chi connectivity index (χ0v) is 11.8. The van der Waals surface area contributed by atoms with E-state index in [1.165, 1.54) is 24.3 Å². The quantitative estimate of drug-likeness (QED) is 0.697. The first-order valence-corrected chi connectivity index (χ1v) is 7.25.